The summed E-state index contributed by atoms with van der Waals surface area (Å²) in [5.41, 5.74) is 9.70. The molecule has 0 heterocycles. The summed E-state index contributed by atoms with van der Waals surface area (Å²) < 4.78 is 13.1. The van der Waals surface area contributed by atoms with Crippen molar-refractivity contribution in [1.82, 2.24) is 4.90 Å². The lowest BCUT2D eigenvalue weighted by atomic mass is 9.99. The third-order valence-corrected chi connectivity index (χ3v) is 3.70. The average molecular weight is 286 g/mol. The maximum absolute atomic E-state index is 13.1. The van der Waals surface area contributed by atoms with Crippen LogP contribution in [0, 0.1) is 12.7 Å². The van der Waals surface area contributed by atoms with Crippen LogP contribution in [0.1, 0.15) is 29.7 Å². The predicted molar refractivity (Wildman–Crippen MR) is 85.4 cm³/mol. The van der Waals surface area contributed by atoms with Gasteiger partial charge in [0.05, 0.1) is 0 Å². The first-order valence-corrected chi connectivity index (χ1v) is 7.24. The number of likely N-dealkylation sites (N-methyl/N-ethyl adjacent to an activating group) is 1. The van der Waals surface area contributed by atoms with Gasteiger partial charge in [-0.1, -0.05) is 42.0 Å². The van der Waals surface area contributed by atoms with Crippen molar-refractivity contribution in [2.24, 2.45) is 5.73 Å². The van der Waals surface area contributed by atoms with Crippen LogP contribution in [-0.4, -0.2) is 18.0 Å². The highest BCUT2D eigenvalue weighted by Gasteiger charge is 2.21. The minimum Gasteiger partial charge on any atom is -0.326 e. The molecule has 0 aliphatic carbocycles. The smallest absolute Gasteiger partial charge is 0.123 e. The number of rotatable bonds is 5. The molecular formula is C18H23FN2. The summed E-state index contributed by atoms with van der Waals surface area (Å²) in [5, 5.41) is 0. The molecule has 0 saturated heterocycles. The molecular weight excluding hydrogens is 263 g/mol. The fraction of sp³-hybridized carbons (Fsp3) is 0.333. The maximum atomic E-state index is 13.1. The van der Waals surface area contributed by atoms with E-state index in [9.17, 15) is 4.39 Å². The number of hydrogen-bond donors (Lipinski definition) is 1. The molecule has 0 bridgehead atoms. The van der Waals surface area contributed by atoms with Crippen molar-refractivity contribution < 1.29 is 4.39 Å². The number of hydrogen-bond acceptors (Lipinski definition) is 2. The molecule has 0 spiro atoms. The van der Waals surface area contributed by atoms with Crippen LogP contribution in [0.3, 0.4) is 0 Å². The van der Waals surface area contributed by atoms with Crippen molar-refractivity contribution in [3.05, 3.63) is 71.0 Å². The molecule has 0 aliphatic heterocycles. The van der Waals surface area contributed by atoms with Gasteiger partial charge in [-0.2, -0.15) is 0 Å². The van der Waals surface area contributed by atoms with E-state index >= 15 is 0 Å². The number of benzene rings is 2. The molecule has 2 aromatic carbocycles. The Kier molecular flexibility index (Phi) is 5.10. The number of aryl methyl sites for hydroxylation is 1. The highest BCUT2D eigenvalue weighted by Crippen LogP contribution is 2.24. The van der Waals surface area contributed by atoms with Crippen LogP contribution >= 0.6 is 0 Å². The van der Waals surface area contributed by atoms with Crippen LogP contribution in [0.15, 0.2) is 48.5 Å². The average Bonchev–Trinajstić information content (AvgIpc) is 2.41. The van der Waals surface area contributed by atoms with Crippen LogP contribution in [0.5, 0.6) is 0 Å². The Morgan fingerprint density at radius 1 is 1.14 bits per heavy atom. The van der Waals surface area contributed by atoms with Gasteiger partial charge in [-0.05, 0) is 44.2 Å². The lowest BCUT2D eigenvalue weighted by molar-refractivity contribution is 0.211. The van der Waals surface area contributed by atoms with Crippen LogP contribution in [0.4, 0.5) is 4.39 Å². The first-order valence-electron chi connectivity index (χ1n) is 7.24. The molecule has 112 valence electrons. The van der Waals surface area contributed by atoms with Crippen molar-refractivity contribution in [2.75, 3.05) is 7.05 Å². The zero-order valence-electron chi connectivity index (χ0n) is 12.9. The summed E-state index contributed by atoms with van der Waals surface area (Å²) in [4.78, 5) is 2.21. The van der Waals surface area contributed by atoms with E-state index in [4.69, 9.17) is 5.73 Å². The molecule has 3 heteroatoms. The molecule has 2 aromatic rings. The molecule has 0 aromatic heterocycles. The van der Waals surface area contributed by atoms with Crippen molar-refractivity contribution in [2.45, 2.75) is 32.5 Å². The lowest BCUT2D eigenvalue weighted by Crippen LogP contribution is -2.37. The zero-order valence-corrected chi connectivity index (χ0v) is 12.9. The first-order chi connectivity index (χ1) is 9.97. The van der Waals surface area contributed by atoms with Crippen LogP contribution in [-0.2, 0) is 6.54 Å². The molecule has 0 amide bonds. The van der Waals surface area contributed by atoms with Gasteiger partial charge >= 0.3 is 0 Å². The molecule has 0 radical (unpaired) electrons. The maximum Gasteiger partial charge on any atom is 0.123 e. The van der Waals surface area contributed by atoms with Gasteiger partial charge in [-0.15, -0.1) is 0 Å². The second-order valence-electron chi connectivity index (χ2n) is 5.76. The van der Waals surface area contributed by atoms with E-state index in [1.165, 1.54) is 23.3 Å². The van der Waals surface area contributed by atoms with Crippen LogP contribution in [0.25, 0.3) is 0 Å². The third kappa shape index (κ3) is 4.13. The Morgan fingerprint density at radius 3 is 2.38 bits per heavy atom. The molecule has 2 atom stereocenters. The van der Waals surface area contributed by atoms with Crippen molar-refractivity contribution >= 4 is 0 Å². The monoisotopic (exact) mass is 286 g/mol. The summed E-state index contributed by atoms with van der Waals surface area (Å²) in [5.74, 6) is -0.219. The summed E-state index contributed by atoms with van der Waals surface area (Å²) in [7, 11) is 2.06. The Labute approximate surface area is 126 Å². The molecule has 0 aliphatic rings. The quantitative estimate of drug-likeness (QED) is 0.909. The van der Waals surface area contributed by atoms with Gasteiger partial charge in [0.15, 0.2) is 0 Å². The van der Waals surface area contributed by atoms with Gasteiger partial charge in [-0.25, -0.2) is 4.39 Å². The van der Waals surface area contributed by atoms with Crippen molar-refractivity contribution in [3.63, 3.8) is 0 Å². The second-order valence-corrected chi connectivity index (χ2v) is 5.76. The molecule has 0 fully saturated rings. The van der Waals surface area contributed by atoms with Gasteiger partial charge in [-0.3, -0.25) is 4.90 Å². The Balaban J connectivity index is 2.19. The minimum absolute atomic E-state index is 0.0368. The summed E-state index contributed by atoms with van der Waals surface area (Å²) in [6, 6.07) is 15.1. The van der Waals surface area contributed by atoms with E-state index < -0.39 is 0 Å². The predicted octanol–water partition coefficient (Wildman–Crippen LogP) is 3.65. The molecule has 2 rings (SSSR count). The third-order valence-electron chi connectivity index (χ3n) is 3.70. The fourth-order valence-electron chi connectivity index (χ4n) is 2.82. The summed E-state index contributed by atoms with van der Waals surface area (Å²) >= 11 is 0. The highest BCUT2D eigenvalue weighted by atomic mass is 19.1. The second kappa shape index (κ2) is 6.83. The Bertz CT molecular complexity index is 578. The Morgan fingerprint density at radius 2 is 1.81 bits per heavy atom. The zero-order chi connectivity index (χ0) is 15.4. The molecule has 2 N–H and O–H groups in total. The van der Waals surface area contributed by atoms with Gasteiger partial charge in [0.25, 0.3) is 0 Å². The van der Waals surface area contributed by atoms with E-state index in [0.717, 1.165) is 12.1 Å². The topological polar surface area (TPSA) is 29.3 Å². The van der Waals surface area contributed by atoms with E-state index in [-0.39, 0.29) is 17.9 Å². The number of nitrogens with zero attached hydrogens (tertiary/aromatic N) is 1. The van der Waals surface area contributed by atoms with Gasteiger partial charge in [0.2, 0.25) is 0 Å². The normalized spacial score (nSPS) is 14.2. The number of nitrogens with two attached hydrogens (primary N) is 1. The van der Waals surface area contributed by atoms with Crippen LogP contribution in [0.2, 0.25) is 0 Å². The molecule has 2 nitrogen and oxygen atoms in total. The van der Waals surface area contributed by atoms with Gasteiger partial charge in [0, 0.05) is 18.6 Å². The standard InChI is InChI=1S/C18H23FN2/c1-13-5-4-6-15(11-13)12-21(3)18(14(2)20)16-7-9-17(19)10-8-16/h4-11,14,18H,12,20H2,1-3H3. The summed E-state index contributed by atoms with van der Waals surface area (Å²) in [6.45, 7) is 4.89. The lowest BCUT2D eigenvalue weighted by Gasteiger charge is -2.31. The van der Waals surface area contributed by atoms with Crippen LogP contribution < -0.4 is 5.73 Å². The molecule has 21 heavy (non-hydrogen) atoms. The van der Waals surface area contributed by atoms with E-state index in [2.05, 4.69) is 43.1 Å². The number of halogens is 1. The van der Waals surface area contributed by atoms with Gasteiger partial charge in [0.1, 0.15) is 5.82 Å². The Hall–Kier alpha value is -1.71. The van der Waals surface area contributed by atoms with Crippen molar-refractivity contribution in [1.29, 1.82) is 0 Å². The minimum atomic E-state index is -0.219. The molecule has 2 unspecified atom stereocenters. The summed E-state index contributed by atoms with van der Waals surface area (Å²) in [6.07, 6.45) is 0. The van der Waals surface area contributed by atoms with Crippen molar-refractivity contribution in [3.8, 4) is 0 Å². The SMILES string of the molecule is Cc1cccc(CN(C)C(c2ccc(F)cc2)C(C)N)c1. The fourth-order valence-corrected chi connectivity index (χ4v) is 2.82. The first kappa shape index (κ1) is 15.7. The van der Waals surface area contributed by atoms with Gasteiger partial charge < -0.3 is 5.73 Å². The highest BCUT2D eigenvalue weighted by molar-refractivity contribution is 5.24. The van der Waals surface area contributed by atoms with E-state index in [0.29, 0.717) is 0 Å². The van der Waals surface area contributed by atoms with E-state index in [1.807, 2.05) is 19.1 Å². The van der Waals surface area contributed by atoms with E-state index in [1.54, 1.807) is 0 Å². The molecule has 0 saturated carbocycles. The largest absolute Gasteiger partial charge is 0.326 e.